The molecular formula is C15H23N3S. The Balaban J connectivity index is 1.71. The van der Waals surface area contributed by atoms with Crippen LogP contribution in [0.4, 0.5) is 5.69 Å². The lowest BCUT2D eigenvalue weighted by Crippen LogP contribution is -2.44. The van der Waals surface area contributed by atoms with Gasteiger partial charge < -0.3 is 5.32 Å². The van der Waals surface area contributed by atoms with Crippen LogP contribution in [-0.4, -0.2) is 11.2 Å². The number of anilines is 1. The van der Waals surface area contributed by atoms with E-state index in [1.54, 1.807) is 0 Å². The van der Waals surface area contributed by atoms with Crippen molar-refractivity contribution in [2.45, 2.75) is 51.0 Å². The van der Waals surface area contributed by atoms with Crippen molar-refractivity contribution in [3.8, 4) is 0 Å². The summed E-state index contributed by atoms with van der Waals surface area (Å²) in [5.41, 5.74) is 7.18. The fourth-order valence-electron chi connectivity index (χ4n) is 2.47. The van der Waals surface area contributed by atoms with Crippen LogP contribution in [0.3, 0.4) is 0 Å². The number of rotatable bonds is 3. The average molecular weight is 277 g/mol. The van der Waals surface area contributed by atoms with E-state index in [9.17, 15) is 0 Å². The zero-order valence-electron chi connectivity index (χ0n) is 11.3. The van der Waals surface area contributed by atoms with E-state index in [1.165, 1.54) is 44.9 Å². The molecule has 2 rings (SSSR count). The Hall–Kier alpha value is -1.29. The Kier molecular flexibility index (Phi) is 5.95. The van der Waals surface area contributed by atoms with Crippen LogP contribution >= 0.6 is 12.2 Å². The topological polar surface area (TPSA) is 36.1 Å². The van der Waals surface area contributed by atoms with Crippen LogP contribution in [0.5, 0.6) is 0 Å². The summed E-state index contributed by atoms with van der Waals surface area (Å²) in [4.78, 5) is 0. The van der Waals surface area contributed by atoms with E-state index in [-0.39, 0.29) is 0 Å². The highest BCUT2D eigenvalue weighted by Gasteiger charge is 2.11. The van der Waals surface area contributed by atoms with Gasteiger partial charge in [0.05, 0.1) is 5.69 Å². The predicted molar refractivity (Wildman–Crippen MR) is 85.0 cm³/mol. The minimum Gasteiger partial charge on any atom is -0.359 e. The largest absolute Gasteiger partial charge is 0.359 e. The average Bonchev–Trinajstić information content (AvgIpc) is 2.41. The molecule has 1 aliphatic rings. The molecule has 0 amide bonds. The summed E-state index contributed by atoms with van der Waals surface area (Å²) in [5.74, 6) is 0. The van der Waals surface area contributed by atoms with Gasteiger partial charge in [0.15, 0.2) is 5.11 Å². The highest BCUT2D eigenvalue weighted by Crippen LogP contribution is 2.16. The molecule has 0 aliphatic heterocycles. The highest BCUT2D eigenvalue weighted by molar-refractivity contribution is 7.80. The summed E-state index contributed by atoms with van der Waals surface area (Å²) in [6.45, 7) is 0. The van der Waals surface area contributed by atoms with Crippen molar-refractivity contribution in [1.29, 1.82) is 0 Å². The number of benzene rings is 1. The van der Waals surface area contributed by atoms with Gasteiger partial charge in [-0.2, -0.15) is 0 Å². The smallest absolute Gasteiger partial charge is 0.185 e. The third-order valence-corrected chi connectivity index (χ3v) is 3.75. The summed E-state index contributed by atoms with van der Waals surface area (Å²) in [6, 6.07) is 10.5. The normalized spacial score (nSPS) is 17.1. The van der Waals surface area contributed by atoms with Crippen molar-refractivity contribution < 1.29 is 0 Å². The molecule has 0 radical (unpaired) electrons. The number of para-hydroxylation sites is 1. The molecule has 0 bridgehead atoms. The number of hydrogen-bond donors (Lipinski definition) is 3. The van der Waals surface area contributed by atoms with Crippen LogP contribution in [0.25, 0.3) is 0 Å². The van der Waals surface area contributed by atoms with Gasteiger partial charge in [-0.25, -0.2) is 0 Å². The molecule has 0 saturated heterocycles. The van der Waals surface area contributed by atoms with Gasteiger partial charge in [-0.1, -0.05) is 50.3 Å². The van der Waals surface area contributed by atoms with E-state index < -0.39 is 0 Å². The molecule has 3 nitrogen and oxygen atoms in total. The SMILES string of the molecule is S=C(NNc1ccccc1)NC1CCCCCCC1. The van der Waals surface area contributed by atoms with Gasteiger partial charge in [-0.3, -0.25) is 10.9 Å². The predicted octanol–water partition coefficient (Wildman–Crippen LogP) is 3.59. The van der Waals surface area contributed by atoms with Crippen molar-refractivity contribution in [1.82, 2.24) is 10.7 Å². The Bertz CT molecular complexity index is 372. The summed E-state index contributed by atoms with van der Waals surface area (Å²) in [7, 11) is 0. The van der Waals surface area contributed by atoms with Crippen molar-refractivity contribution in [2.75, 3.05) is 5.43 Å². The fourth-order valence-corrected chi connectivity index (χ4v) is 2.69. The summed E-state index contributed by atoms with van der Waals surface area (Å²) < 4.78 is 0. The van der Waals surface area contributed by atoms with E-state index in [2.05, 4.69) is 16.2 Å². The second kappa shape index (κ2) is 8.00. The summed E-state index contributed by atoms with van der Waals surface area (Å²) in [5, 5.41) is 4.10. The molecule has 0 heterocycles. The highest BCUT2D eigenvalue weighted by atomic mass is 32.1. The van der Waals surface area contributed by atoms with Gasteiger partial charge >= 0.3 is 0 Å². The molecule has 0 spiro atoms. The number of nitrogens with one attached hydrogen (secondary N) is 3. The van der Waals surface area contributed by atoms with Gasteiger partial charge in [0, 0.05) is 6.04 Å². The Morgan fingerprint density at radius 2 is 1.58 bits per heavy atom. The molecule has 3 N–H and O–H groups in total. The second-order valence-electron chi connectivity index (χ2n) is 5.13. The molecule has 0 unspecified atom stereocenters. The first-order chi connectivity index (χ1) is 9.34. The maximum absolute atomic E-state index is 5.33. The van der Waals surface area contributed by atoms with Crippen LogP contribution in [0, 0.1) is 0 Å². The lowest BCUT2D eigenvalue weighted by atomic mass is 9.97. The van der Waals surface area contributed by atoms with Crippen molar-refractivity contribution in [3.05, 3.63) is 30.3 Å². The van der Waals surface area contributed by atoms with E-state index in [4.69, 9.17) is 12.2 Å². The maximum Gasteiger partial charge on any atom is 0.185 e. The van der Waals surface area contributed by atoms with Crippen molar-refractivity contribution >= 4 is 23.0 Å². The van der Waals surface area contributed by atoms with Crippen LogP contribution in [0.2, 0.25) is 0 Å². The minimum atomic E-state index is 0.526. The van der Waals surface area contributed by atoms with Crippen LogP contribution in [0.15, 0.2) is 30.3 Å². The van der Waals surface area contributed by atoms with E-state index >= 15 is 0 Å². The number of thiocarbonyl (C=S) groups is 1. The lowest BCUT2D eigenvalue weighted by molar-refractivity contribution is 0.428. The molecule has 1 aromatic rings. The first-order valence-corrected chi connectivity index (χ1v) is 7.63. The fraction of sp³-hybridized carbons (Fsp3) is 0.533. The third-order valence-electron chi connectivity index (χ3n) is 3.53. The summed E-state index contributed by atoms with van der Waals surface area (Å²) >= 11 is 5.33. The molecule has 1 aliphatic carbocycles. The quantitative estimate of drug-likeness (QED) is 0.583. The lowest BCUT2D eigenvalue weighted by Gasteiger charge is -2.23. The Labute approximate surface area is 121 Å². The molecule has 19 heavy (non-hydrogen) atoms. The van der Waals surface area contributed by atoms with Crippen LogP contribution in [-0.2, 0) is 0 Å². The van der Waals surface area contributed by atoms with Crippen molar-refractivity contribution in [2.24, 2.45) is 0 Å². The Morgan fingerprint density at radius 3 is 2.26 bits per heavy atom. The monoisotopic (exact) mass is 277 g/mol. The molecule has 1 fully saturated rings. The number of hydrogen-bond acceptors (Lipinski definition) is 2. The van der Waals surface area contributed by atoms with Gasteiger partial charge in [-0.05, 0) is 37.2 Å². The first kappa shape index (κ1) is 14.1. The number of hydrazine groups is 1. The van der Waals surface area contributed by atoms with Crippen molar-refractivity contribution in [3.63, 3.8) is 0 Å². The van der Waals surface area contributed by atoms with Gasteiger partial charge in [-0.15, -0.1) is 0 Å². The third kappa shape index (κ3) is 5.47. The Morgan fingerprint density at radius 1 is 0.947 bits per heavy atom. The maximum atomic E-state index is 5.33. The molecule has 1 aromatic carbocycles. The zero-order valence-corrected chi connectivity index (χ0v) is 12.1. The van der Waals surface area contributed by atoms with Gasteiger partial charge in [0.1, 0.15) is 0 Å². The molecule has 4 heteroatoms. The van der Waals surface area contributed by atoms with E-state index in [0.29, 0.717) is 11.2 Å². The molecule has 104 valence electrons. The summed E-state index contributed by atoms with van der Waals surface area (Å²) in [6.07, 6.45) is 9.20. The van der Waals surface area contributed by atoms with Crippen LogP contribution in [0.1, 0.15) is 44.9 Å². The molecular weight excluding hydrogens is 254 g/mol. The van der Waals surface area contributed by atoms with E-state index in [0.717, 1.165) is 5.69 Å². The minimum absolute atomic E-state index is 0.526. The molecule has 1 saturated carbocycles. The van der Waals surface area contributed by atoms with Gasteiger partial charge in [0.25, 0.3) is 0 Å². The molecule has 0 aromatic heterocycles. The van der Waals surface area contributed by atoms with Gasteiger partial charge in [0.2, 0.25) is 0 Å². The second-order valence-corrected chi connectivity index (χ2v) is 5.54. The molecule has 0 atom stereocenters. The standard InChI is InChI=1S/C15H23N3S/c19-15(18-17-14-11-7-4-8-12-14)16-13-9-5-2-1-3-6-10-13/h4,7-8,11-13,17H,1-3,5-6,9-10H2,(H2,16,18,19). The van der Waals surface area contributed by atoms with E-state index in [1.807, 2.05) is 30.3 Å². The van der Waals surface area contributed by atoms with Crippen LogP contribution < -0.4 is 16.2 Å². The zero-order chi connectivity index (χ0) is 13.3. The first-order valence-electron chi connectivity index (χ1n) is 7.22.